The smallest absolute Gasteiger partial charge is 0.0193 e. The van der Waals surface area contributed by atoms with Crippen LogP contribution in [0.2, 0.25) is 0 Å². The molecule has 0 aromatic carbocycles. The van der Waals surface area contributed by atoms with Gasteiger partial charge in [0.2, 0.25) is 0 Å². The van der Waals surface area contributed by atoms with Gasteiger partial charge >= 0.3 is 0 Å². The summed E-state index contributed by atoms with van der Waals surface area (Å²) in [6.45, 7) is 1.25. The third-order valence-corrected chi connectivity index (χ3v) is 3.97. The summed E-state index contributed by atoms with van der Waals surface area (Å²) in [5.74, 6) is 0. The summed E-state index contributed by atoms with van der Waals surface area (Å²) in [4.78, 5) is 0. The molecule has 0 aromatic heterocycles. The summed E-state index contributed by atoms with van der Waals surface area (Å²) in [5.41, 5.74) is 0.619. The molecule has 1 aliphatic heterocycles. The van der Waals surface area contributed by atoms with Gasteiger partial charge in [-0.2, -0.15) is 11.8 Å². The van der Waals surface area contributed by atoms with Gasteiger partial charge in [-0.1, -0.05) is 0 Å². The first kappa shape index (κ1) is 6.99. The van der Waals surface area contributed by atoms with Gasteiger partial charge in [-0.3, -0.25) is 0 Å². The van der Waals surface area contributed by atoms with E-state index in [1.165, 1.54) is 32.2 Å². The lowest BCUT2D eigenvalue weighted by Gasteiger charge is -2.38. The minimum absolute atomic E-state index is 0.619. The van der Waals surface area contributed by atoms with Crippen LogP contribution in [0.3, 0.4) is 0 Å². The molecular weight excluding hydrogens is 142 g/mol. The Morgan fingerprint density at radius 3 is 2.60 bits per heavy atom. The zero-order valence-electron chi connectivity index (χ0n) is 6.52. The predicted molar refractivity (Wildman–Crippen MR) is 46.5 cm³/mol. The van der Waals surface area contributed by atoms with Crippen molar-refractivity contribution in [3.63, 3.8) is 0 Å². The maximum absolute atomic E-state index is 3.65. The van der Waals surface area contributed by atoms with Gasteiger partial charge in [0.1, 0.15) is 0 Å². The molecule has 1 atom stereocenters. The lowest BCUT2D eigenvalue weighted by molar-refractivity contribution is 0.217. The molecule has 1 unspecified atom stereocenters. The topological polar surface area (TPSA) is 12.0 Å². The molecule has 1 spiro atoms. The molecule has 58 valence electrons. The van der Waals surface area contributed by atoms with Crippen LogP contribution < -0.4 is 5.32 Å². The number of hydrogen-bond donors (Lipinski definition) is 1. The van der Waals surface area contributed by atoms with Crippen molar-refractivity contribution >= 4 is 11.8 Å². The minimum Gasteiger partial charge on any atom is -0.310 e. The van der Waals surface area contributed by atoms with Gasteiger partial charge in [0, 0.05) is 17.3 Å². The Bertz CT molecular complexity index is 131. The van der Waals surface area contributed by atoms with Crippen LogP contribution in [0.15, 0.2) is 0 Å². The molecule has 2 fully saturated rings. The van der Waals surface area contributed by atoms with Gasteiger partial charge in [-0.05, 0) is 31.9 Å². The summed E-state index contributed by atoms with van der Waals surface area (Å²) >= 11 is 2.02. The van der Waals surface area contributed by atoms with Crippen molar-refractivity contribution in [1.82, 2.24) is 5.32 Å². The van der Waals surface area contributed by atoms with Gasteiger partial charge in [0.05, 0.1) is 0 Å². The molecular formula is C8H15NS. The standard InChI is InChI=1S/C8H15NS/c1-10-7-5-8(9-6-7)3-2-4-8/h7,9H,2-6H2,1H3. The Morgan fingerprint density at radius 2 is 2.30 bits per heavy atom. The summed E-state index contributed by atoms with van der Waals surface area (Å²) in [6, 6.07) is 0. The van der Waals surface area contributed by atoms with E-state index in [9.17, 15) is 0 Å². The van der Waals surface area contributed by atoms with Gasteiger partial charge in [-0.25, -0.2) is 0 Å². The summed E-state index contributed by atoms with van der Waals surface area (Å²) in [7, 11) is 0. The highest BCUT2D eigenvalue weighted by atomic mass is 32.2. The van der Waals surface area contributed by atoms with E-state index in [1.807, 2.05) is 11.8 Å². The van der Waals surface area contributed by atoms with Crippen molar-refractivity contribution in [2.75, 3.05) is 12.8 Å². The van der Waals surface area contributed by atoms with Crippen molar-refractivity contribution in [2.24, 2.45) is 0 Å². The van der Waals surface area contributed by atoms with Crippen LogP contribution >= 0.6 is 11.8 Å². The van der Waals surface area contributed by atoms with E-state index >= 15 is 0 Å². The first-order chi connectivity index (χ1) is 4.85. The summed E-state index contributed by atoms with van der Waals surface area (Å²) in [6.07, 6.45) is 7.97. The van der Waals surface area contributed by atoms with Crippen LogP contribution in [-0.2, 0) is 0 Å². The Balaban J connectivity index is 1.92. The molecule has 1 N–H and O–H groups in total. The van der Waals surface area contributed by atoms with Gasteiger partial charge in [0.25, 0.3) is 0 Å². The fourth-order valence-corrected chi connectivity index (χ4v) is 2.80. The second-order valence-electron chi connectivity index (χ2n) is 3.58. The second kappa shape index (κ2) is 2.42. The number of rotatable bonds is 1. The van der Waals surface area contributed by atoms with Crippen molar-refractivity contribution < 1.29 is 0 Å². The number of thioether (sulfide) groups is 1. The van der Waals surface area contributed by atoms with Gasteiger partial charge in [-0.15, -0.1) is 0 Å². The summed E-state index contributed by atoms with van der Waals surface area (Å²) < 4.78 is 0. The van der Waals surface area contributed by atoms with Crippen LogP contribution in [0.1, 0.15) is 25.7 Å². The van der Waals surface area contributed by atoms with Crippen molar-refractivity contribution in [3.05, 3.63) is 0 Å². The van der Waals surface area contributed by atoms with Crippen LogP contribution in [0.4, 0.5) is 0 Å². The Hall–Kier alpha value is 0.310. The molecule has 0 bridgehead atoms. The van der Waals surface area contributed by atoms with E-state index in [-0.39, 0.29) is 0 Å². The molecule has 2 heteroatoms. The predicted octanol–water partition coefficient (Wildman–Crippen LogP) is 1.63. The van der Waals surface area contributed by atoms with Crippen molar-refractivity contribution in [2.45, 2.75) is 36.5 Å². The molecule has 1 nitrogen and oxygen atoms in total. The number of nitrogens with one attached hydrogen (secondary N) is 1. The number of hydrogen-bond acceptors (Lipinski definition) is 2. The first-order valence-corrected chi connectivity index (χ1v) is 5.41. The third kappa shape index (κ3) is 0.978. The first-order valence-electron chi connectivity index (χ1n) is 4.12. The normalized spacial score (nSPS) is 36.3. The zero-order valence-corrected chi connectivity index (χ0v) is 7.34. The van der Waals surface area contributed by atoms with Crippen molar-refractivity contribution in [3.8, 4) is 0 Å². The van der Waals surface area contributed by atoms with Crippen LogP contribution in [0, 0.1) is 0 Å². The fourth-order valence-electron chi connectivity index (χ4n) is 2.06. The van der Waals surface area contributed by atoms with Crippen LogP contribution in [0.5, 0.6) is 0 Å². The summed E-state index contributed by atoms with van der Waals surface area (Å²) in [5, 5.41) is 4.55. The molecule has 0 aromatic rings. The molecule has 1 heterocycles. The van der Waals surface area contributed by atoms with Gasteiger partial charge < -0.3 is 5.32 Å². The second-order valence-corrected chi connectivity index (χ2v) is 4.71. The van der Waals surface area contributed by atoms with E-state index in [0.29, 0.717) is 5.54 Å². The molecule has 1 saturated heterocycles. The Kier molecular flexibility index (Phi) is 1.69. The molecule has 0 radical (unpaired) electrons. The fraction of sp³-hybridized carbons (Fsp3) is 1.00. The maximum atomic E-state index is 3.65. The quantitative estimate of drug-likeness (QED) is 0.621. The third-order valence-electron chi connectivity index (χ3n) is 2.97. The highest BCUT2D eigenvalue weighted by Gasteiger charge is 2.42. The van der Waals surface area contributed by atoms with Crippen molar-refractivity contribution in [1.29, 1.82) is 0 Å². The Labute approximate surface area is 67.0 Å². The van der Waals surface area contributed by atoms with E-state index in [0.717, 1.165) is 5.25 Å². The molecule has 1 saturated carbocycles. The maximum Gasteiger partial charge on any atom is 0.0193 e. The van der Waals surface area contributed by atoms with Crippen LogP contribution in [-0.4, -0.2) is 23.6 Å². The average molecular weight is 157 g/mol. The molecule has 2 rings (SSSR count). The largest absolute Gasteiger partial charge is 0.310 e. The Morgan fingerprint density at radius 1 is 1.50 bits per heavy atom. The highest BCUT2D eigenvalue weighted by Crippen LogP contribution is 2.41. The lowest BCUT2D eigenvalue weighted by atomic mass is 9.76. The SMILES string of the molecule is CSC1CNC2(CCC2)C1. The molecule has 0 amide bonds. The van der Waals surface area contributed by atoms with Crippen LogP contribution in [0.25, 0.3) is 0 Å². The zero-order chi connectivity index (χ0) is 7.03. The monoisotopic (exact) mass is 157 g/mol. The molecule has 1 aliphatic carbocycles. The van der Waals surface area contributed by atoms with E-state index in [1.54, 1.807) is 0 Å². The van der Waals surface area contributed by atoms with E-state index < -0.39 is 0 Å². The van der Waals surface area contributed by atoms with E-state index in [2.05, 4.69) is 11.6 Å². The highest BCUT2D eigenvalue weighted by molar-refractivity contribution is 7.99. The molecule has 2 aliphatic rings. The average Bonchev–Trinajstić information content (AvgIpc) is 2.29. The van der Waals surface area contributed by atoms with Gasteiger partial charge in [0.15, 0.2) is 0 Å². The van der Waals surface area contributed by atoms with E-state index in [4.69, 9.17) is 0 Å². The molecule has 10 heavy (non-hydrogen) atoms. The minimum atomic E-state index is 0.619. The lowest BCUT2D eigenvalue weighted by Crippen LogP contribution is -2.45.